The van der Waals surface area contributed by atoms with Crippen molar-refractivity contribution in [3.05, 3.63) is 76.7 Å². The summed E-state index contributed by atoms with van der Waals surface area (Å²) in [5, 5.41) is 32.8. The fourth-order valence-corrected chi connectivity index (χ4v) is 6.10. The number of aryl methyl sites for hydroxylation is 1. The van der Waals surface area contributed by atoms with Crippen molar-refractivity contribution in [3.63, 3.8) is 0 Å². The number of aromatic hydroxyl groups is 1. The van der Waals surface area contributed by atoms with Gasteiger partial charge in [0.2, 0.25) is 0 Å². The predicted octanol–water partition coefficient (Wildman–Crippen LogP) is 4.88. The molecular weight excluding hydrogens is 546 g/mol. The van der Waals surface area contributed by atoms with Gasteiger partial charge in [0.15, 0.2) is 29.2 Å². The van der Waals surface area contributed by atoms with Crippen LogP contribution in [0.2, 0.25) is 0 Å². The molecule has 3 atom stereocenters. The fourth-order valence-electron chi connectivity index (χ4n) is 6.10. The lowest BCUT2D eigenvalue weighted by molar-refractivity contribution is -0.138. The van der Waals surface area contributed by atoms with Crippen molar-refractivity contribution in [2.75, 3.05) is 19.5 Å². The Bertz CT molecular complexity index is 1430. The second-order valence-electron chi connectivity index (χ2n) is 11.5. The van der Waals surface area contributed by atoms with E-state index in [4.69, 9.17) is 10.5 Å². The summed E-state index contributed by atoms with van der Waals surface area (Å²) in [4.78, 5) is 32.7. The molecule has 230 valence electrons. The van der Waals surface area contributed by atoms with Gasteiger partial charge in [-0.05, 0) is 54.7 Å². The van der Waals surface area contributed by atoms with E-state index in [2.05, 4.69) is 16.9 Å². The van der Waals surface area contributed by atoms with E-state index < -0.39 is 29.0 Å². The Kier molecular flexibility index (Phi) is 10.8. The van der Waals surface area contributed by atoms with Crippen LogP contribution in [0, 0.1) is 5.41 Å². The minimum Gasteiger partial charge on any atom is -0.504 e. The lowest BCUT2D eigenvalue weighted by Gasteiger charge is -2.41. The molecule has 1 aliphatic rings. The minimum atomic E-state index is -1.64. The lowest BCUT2D eigenvalue weighted by atomic mass is 9.63. The SMILES string of the molecule is CCCCCCCC(=O)[C@H](O)C(=O)CCc1cc(OC)c(O)c([C@@H]2c3ccnc(N)c3C=C[C@@]2(CO)Cc2ccc[nH]2)c1. The third kappa shape index (κ3) is 7.17. The van der Waals surface area contributed by atoms with Gasteiger partial charge in [-0.3, -0.25) is 9.59 Å². The number of phenolic OH excluding ortho intramolecular Hbond substituents is 1. The van der Waals surface area contributed by atoms with Gasteiger partial charge in [0.25, 0.3) is 0 Å². The number of benzene rings is 1. The maximum atomic E-state index is 12.8. The molecule has 1 aromatic carbocycles. The third-order valence-corrected chi connectivity index (χ3v) is 8.49. The summed E-state index contributed by atoms with van der Waals surface area (Å²) in [7, 11) is 1.45. The van der Waals surface area contributed by atoms with E-state index in [0.29, 0.717) is 35.3 Å². The Morgan fingerprint density at radius 3 is 2.58 bits per heavy atom. The summed E-state index contributed by atoms with van der Waals surface area (Å²) in [5.74, 6) is -1.05. The molecule has 2 aromatic heterocycles. The Balaban J connectivity index is 1.64. The molecule has 0 saturated heterocycles. The van der Waals surface area contributed by atoms with Gasteiger partial charge >= 0.3 is 0 Å². The normalized spacial score (nSPS) is 18.3. The van der Waals surface area contributed by atoms with Crippen molar-refractivity contribution in [1.29, 1.82) is 0 Å². The van der Waals surface area contributed by atoms with Crippen molar-refractivity contribution in [1.82, 2.24) is 9.97 Å². The second kappa shape index (κ2) is 14.5. The number of fused-ring (bicyclic) bond motifs is 1. The van der Waals surface area contributed by atoms with Crippen LogP contribution in [0.3, 0.4) is 0 Å². The molecule has 0 aliphatic heterocycles. The molecule has 9 nitrogen and oxygen atoms in total. The number of rotatable bonds is 16. The van der Waals surface area contributed by atoms with Gasteiger partial charge in [0.1, 0.15) is 5.82 Å². The first-order valence-corrected chi connectivity index (χ1v) is 15.0. The number of hydrogen-bond donors (Lipinski definition) is 5. The number of Topliss-reactive ketones (excluding diaryl/α,β-unsaturated/α-hetero) is 2. The number of aliphatic hydroxyl groups is 2. The quantitative estimate of drug-likeness (QED) is 0.117. The summed E-state index contributed by atoms with van der Waals surface area (Å²) in [6, 6.07) is 9.13. The van der Waals surface area contributed by atoms with Crippen molar-refractivity contribution >= 4 is 23.5 Å². The van der Waals surface area contributed by atoms with Crippen LogP contribution in [0.1, 0.15) is 85.7 Å². The number of aromatic nitrogens is 2. The molecule has 0 unspecified atom stereocenters. The number of pyridine rings is 1. The third-order valence-electron chi connectivity index (χ3n) is 8.49. The molecule has 0 fully saturated rings. The van der Waals surface area contributed by atoms with Crippen LogP contribution in [0.15, 0.2) is 48.8 Å². The van der Waals surface area contributed by atoms with Gasteiger partial charge < -0.3 is 30.8 Å². The van der Waals surface area contributed by atoms with Crippen molar-refractivity contribution in [3.8, 4) is 11.5 Å². The topological polar surface area (TPSA) is 159 Å². The van der Waals surface area contributed by atoms with Gasteiger partial charge in [-0.15, -0.1) is 0 Å². The lowest BCUT2D eigenvalue weighted by Crippen LogP contribution is -2.36. The number of nitrogens with one attached hydrogen (secondary N) is 1. The summed E-state index contributed by atoms with van der Waals surface area (Å²) in [5.41, 5.74) is 8.98. The van der Waals surface area contributed by atoms with Crippen molar-refractivity contribution in [2.45, 2.75) is 76.7 Å². The number of ketones is 2. The zero-order valence-corrected chi connectivity index (χ0v) is 25.0. The van der Waals surface area contributed by atoms with Crippen LogP contribution < -0.4 is 10.5 Å². The Morgan fingerprint density at radius 2 is 1.88 bits per heavy atom. The number of carbonyl (C=O) groups excluding carboxylic acids is 2. The van der Waals surface area contributed by atoms with Gasteiger partial charge in [0.05, 0.1) is 13.7 Å². The van der Waals surface area contributed by atoms with E-state index in [1.807, 2.05) is 36.5 Å². The number of phenols is 1. The molecule has 6 N–H and O–H groups in total. The highest BCUT2D eigenvalue weighted by atomic mass is 16.5. The molecule has 0 radical (unpaired) electrons. The van der Waals surface area contributed by atoms with Crippen molar-refractivity contribution < 1.29 is 29.6 Å². The number of H-pyrrole nitrogens is 1. The second-order valence-corrected chi connectivity index (χ2v) is 11.5. The number of unbranched alkanes of at least 4 members (excludes halogenated alkanes) is 4. The highest BCUT2D eigenvalue weighted by molar-refractivity contribution is 6.05. The molecule has 4 rings (SSSR count). The van der Waals surface area contributed by atoms with Crippen LogP contribution >= 0.6 is 0 Å². The van der Waals surface area contributed by atoms with E-state index in [9.17, 15) is 24.9 Å². The average Bonchev–Trinajstić information content (AvgIpc) is 3.52. The van der Waals surface area contributed by atoms with Gasteiger partial charge in [0, 0.05) is 53.4 Å². The van der Waals surface area contributed by atoms with Crippen LogP contribution in [0.25, 0.3) is 6.08 Å². The van der Waals surface area contributed by atoms with E-state index >= 15 is 0 Å². The molecule has 0 amide bonds. The van der Waals surface area contributed by atoms with Crippen LogP contribution in [0.5, 0.6) is 11.5 Å². The molecule has 0 spiro atoms. The molecule has 43 heavy (non-hydrogen) atoms. The van der Waals surface area contributed by atoms with Crippen LogP contribution in [-0.4, -0.2) is 56.7 Å². The maximum Gasteiger partial charge on any atom is 0.170 e. The first-order chi connectivity index (χ1) is 20.7. The number of hydrogen-bond acceptors (Lipinski definition) is 8. The summed E-state index contributed by atoms with van der Waals surface area (Å²) < 4.78 is 5.54. The molecular formula is C34H43N3O6. The molecule has 3 aromatic rings. The standard InChI is InChI=1S/C34H43N3O6/c1-3-4-5-6-7-10-27(39)32(42)28(40)12-11-22-18-26(31(41)29(19-22)43-2)30-24-14-17-37-33(35)25(24)13-15-34(30,21-38)20-23-9-8-16-36-23/h8-9,13-19,30,32,36,38,41-42H,3-7,10-12,20-21H2,1-2H3,(H2,35,37)/t30-,32-,34-/m0/s1. The van der Waals surface area contributed by atoms with Crippen LogP contribution in [-0.2, 0) is 22.4 Å². The number of nitrogens with two attached hydrogens (primary N) is 1. The zero-order chi connectivity index (χ0) is 31.0. The summed E-state index contributed by atoms with van der Waals surface area (Å²) in [6.45, 7) is 1.89. The minimum absolute atomic E-state index is 0.0538. The molecule has 2 heterocycles. The molecule has 0 bridgehead atoms. The zero-order valence-electron chi connectivity index (χ0n) is 25.0. The smallest absolute Gasteiger partial charge is 0.170 e. The molecule has 9 heteroatoms. The van der Waals surface area contributed by atoms with Crippen molar-refractivity contribution in [2.24, 2.45) is 5.41 Å². The van der Waals surface area contributed by atoms with Gasteiger partial charge in [-0.25, -0.2) is 4.98 Å². The number of aromatic amines is 1. The van der Waals surface area contributed by atoms with E-state index in [1.54, 1.807) is 18.3 Å². The first kappa shape index (κ1) is 32.0. The maximum absolute atomic E-state index is 12.8. The number of methoxy groups -OCH3 is 1. The Morgan fingerprint density at radius 1 is 1.12 bits per heavy atom. The Hall–Kier alpha value is -3.95. The number of anilines is 1. The predicted molar refractivity (Wildman–Crippen MR) is 166 cm³/mol. The number of nitrogen functional groups attached to an aromatic ring is 1. The van der Waals surface area contributed by atoms with Gasteiger partial charge in [-0.2, -0.15) is 0 Å². The van der Waals surface area contributed by atoms with E-state index in [1.165, 1.54) is 7.11 Å². The molecule has 1 aliphatic carbocycles. The largest absolute Gasteiger partial charge is 0.504 e. The summed E-state index contributed by atoms with van der Waals surface area (Å²) >= 11 is 0. The van der Waals surface area contributed by atoms with E-state index in [0.717, 1.165) is 36.9 Å². The average molecular weight is 590 g/mol. The first-order valence-electron chi connectivity index (χ1n) is 15.0. The Labute approximate surface area is 252 Å². The number of ether oxygens (including phenoxy) is 1. The highest BCUT2D eigenvalue weighted by Gasteiger charge is 2.44. The monoisotopic (exact) mass is 589 g/mol. The number of aliphatic hydroxyl groups excluding tert-OH is 2. The fraction of sp³-hybridized carbons (Fsp3) is 0.441. The number of carbonyl (C=O) groups is 2. The number of nitrogens with zero attached hydrogens (tertiary/aromatic N) is 1. The summed E-state index contributed by atoms with van der Waals surface area (Å²) in [6.07, 6.45) is 11.2. The highest BCUT2D eigenvalue weighted by Crippen LogP contribution is 2.53. The van der Waals surface area contributed by atoms with Crippen LogP contribution in [0.4, 0.5) is 5.82 Å². The van der Waals surface area contributed by atoms with E-state index in [-0.39, 0.29) is 37.4 Å². The van der Waals surface area contributed by atoms with Gasteiger partial charge in [-0.1, -0.05) is 50.8 Å². The molecule has 0 saturated carbocycles.